The van der Waals surface area contributed by atoms with Gasteiger partial charge in [-0.05, 0) is 0 Å². The normalized spacial score (nSPS) is 36.8. The van der Waals surface area contributed by atoms with Crippen molar-refractivity contribution < 1.29 is 30.3 Å². The highest BCUT2D eigenvalue weighted by Gasteiger charge is 2.44. The van der Waals surface area contributed by atoms with Gasteiger partial charge in [0.2, 0.25) is 0 Å². The molecule has 2 rings (SSSR count). The molecule has 0 unspecified atom stereocenters. The van der Waals surface area contributed by atoms with Crippen LogP contribution in [-0.2, 0) is 11.3 Å². The number of nitrogens with zero attached hydrogens (tertiary/aromatic N) is 3. The van der Waals surface area contributed by atoms with Gasteiger partial charge in [-0.3, -0.25) is 0 Å². The maximum absolute atomic E-state index is 9.79. The Morgan fingerprint density at radius 2 is 1.89 bits per heavy atom. The fourth-order valence-electron chi connectivity index (χ4n) is 1.81. The van der Waals surface area contributed by atoms with Crippen molar-refractivity contribution in [3.05, 3.63) is 11.9 Å². The van der Waals surface area contributed by atoms with Crippen molar-refractivity contribution in [1.82, 2.24) is 15.0 Å². The van der Waals surface area contributed by atoms with Gasteiger partial charge in [-0.25, -0.2) is 4.68 Å². The van der Waals surface area contributed by atoms with E-state index < -0.39 is 37.3 Å². The van der Waals surface area contributed by atoms with Crippen LogP contribution >= 0.6 is 0 Å². The first-order chi connectivity index (χ1) is 8.58. The van der Waals surface area contributed by atoms with Crippen LogP contribution in [0, 0.1) is 0 Å². The Kier molecular flexibility index (Phi) is 3.90. The van der Waals surface area contributed by atoms with Crippen LogP contribution in [0.4, 0.5) is 0 Å². The molecular weight excluding hydrogens is 246 g/mol. The van der Waals surface area contributed by atoms with Gasteiger partial charge >= 0.3 is 0 Å². The molecule has 0 bridgehead atoms. The molecule has 2 heterocycles. The van der Waals surface area contributed by atoms with Crippen molar-refractivity contribution in [2.45, 2.75) is 37.3 Å². The van der Waals surface area contributed by atoms with Gasteiger partial charge in [-0.2, -0.15) is 0 Å². The minimum atomic E-state index is -1.47. The molecule has 0 saturated carbocycles. The summed E-state index contributed by atoms with van der Waals surface area (Å²) < 4.78 is 6.36. The molecule has 0 radical (unpaired) electrons. The average molecular weight is 261 g/mol. The van der Waals surface area contributed by atoms with Gasteiger partial charge in [-0.15, -0.1) is 5.10 Å². The first kappa shape index (κ1) is 13.3. The monoisotopic (exact) mass is 261 g/mol. The van der Waals surface area contributed by atoms with E-state index >= 15 is 0 Å². The number of rotatable bonds is 3. The quantitative estimate of drug-likeness (QED) is 0.382. The summed E-state index contributed by atoms with van der Waals surface area (Å²) in [7, 11) is 0. The molecule has 18 heavy (non-hydrogen) atoms. The smallest absolute Gasteiger partial charge is 0.180 e. The largest absolute Gasteiger partial charge is 0.394 e. The van der Waals surface area contributed by atoms with Gasteiger partial charge in [-0.1, -0.05) is 5.21 Å². The van der Waals surface area contributed by atoms with E-state index in [0.29, 0.717) is 0 Å². The van der Waals surface area contributed by atoms with Crippen molar-refractivity contribution >= 4 is 0 Å². The zero-order valence-corrected chi connectivity index (χ0v) is 9.36. The van der Waals surface area contributed by atoms with Crippen LogP contribution in [0.5, 0.6) is 0 Å². The Balaban J connectivity index is 2.21. The molecule has 5 atom stereocenters. The minimum Gasteiger partial charge on any atom is -0.394 e. The van der Waals surface area contributed by atoms with E-state index in [9.17, 15) is 15.3 Å². The number of aromatic nitrogens is 3. The number of aliphatic hydroxyl groups excluding tert-OH is 5. The van der Waals surface area contributed by atoms with Crippen LogP contribution in [0.15, 0.2) is 6.20 Å². The molecule has 9 heteroatoms. The molecule has 1 aliphatic rings. The molecule has 1 saturated heterocycles. The van der Waals surface area contributed by atoms with Gasteiger partial charge in [0.05, 0.1) is 19.4 Å². The third-order valence-electron chi connectivity index (χ3n) is 2.85. The number of hydrogen-bond acceptors (Lipinski definition) is 8. The Hall–Kier alpha value is -1.10. The molecule has 9 nitrogen and oxygen atoms in total. The fourth-order valence-corrected chi connectivity index (χ4v) is 1.81. The predicted molar refractivity (Wildman–Crippen MR) is 55.0 cm³/mol. The molecule has 0 spiro atoms. The summed E-state index contributed by atoms with van der Waals surface area (Å²) in [6, 6.07) is 0. The number of ether oxygens (including phenoxy) is 1. The first-order valence-corrected chi connectivity index (χ1v) is 5.40. The molecule has 0 aliphatic carbocycles. The number of hydrogen-bond donors (Lipinski definition) is 5. The van der Waals surface area contributed by atoms with E-state index in [1.165, 1.54) is 6.20 Å². The second-order valence-electron chi connectivity index (χ2n) is 4.07. The minimum absolute atomic E-state index is 0.270. The van der Waals surface area contributed by atoms with E-state index in [2.05, 4.69) is 10.3 Å². The Labute approximate surface area is 102 Å². The Bertz CT molecular complexity index is 397. The van der Waals surface area contributed by atoms with E-state index in [4.69, 9.17) is 14.9 Å². The van der Waals surface area contributed by atoms with Gasteiger partial charge in [0.15, 0.2) is 6.23 Å². The fraction of sp³-hybridized carbons (Fsp3) is 0.778. The first-order valence-electron chi connectivity index (χ1n) is 5.40. The standard InChI is InChI=1S/C9H15N3O6/c13-2-4-1-12(11-10-4)9-8(17)7(16)6(15)5(3-14)18-9/h1,5-9,13-17H,2-3H2/t5-,6-,7+,8-,9-/m1/s1. The third-order valence-corrected chi connectivity index (χ3v) is 2.85. The summed E-state index contributed by atoms with van der Waals surface area (Å²) in [6.07, 6.45) is -5.06. The number of aliphatic hydroxyl groups is 5. The average Bonchev–Trinajstić information content (AvgIpc) is 2.85. The van der Waals surface area contributed by atoms with Crippen LogP contribution in [0.3, 0.4) is 0 Å². The summed E-state index contributed by atoms with van der Waals surface area (Å²) in [4.78, 5) is 0. The lowest BCUT2D eigenvalue weighted by Gasteiger charge is -2.39. The molecule has 1 aromatic heterocycles. The molecule has 0 aromatic carbocycles. The van der Waals surface area contributed by atoms with E-state index in [0.717, 1.165) is 4.68 Å². The van der Waals surface area contributed by atoms with Crippen LogP contribution < -0.4 is 0 Å². The van der Waals surface area contributed by atoms with E-state index in [1.807, 2.05) is 0 Å². The van der Waals surface area contributed by atoms with Gasteiger partial charge in [0.1, 0.15) is 30.1 Å². The van der Waals surface area contributed by atoms with Crippen molar-refractivity contribution in [2.75, 3.05) is 6.61 Å². The highest BCUT2D eigenvalue weighted by Crippen LogP contribution is 2.27. The zero-order chi connectivity index (χ0) is 13.3. The van der Waals surface area contributed by atoms with E-state index in [-0.39, 0.29) is 12.3 Å². The van der Waals surface area contributed by atoms with Crippen molar-refractivity contribution in [2.24, 2.45) is 0 Å². The maximum Gasteiger partial charge on any atom is 0.180 e. The summed E-state index contributed by atoms with van der Waals surface area (Å²) in [5.41, 5.74) is 0.270. The van der Waals surface area contributed by atoms with Gasteiger partial charge in [0, 0.05) is 0 Å². The lowest BCUT2D eigenvalue weighted by atomic mass is 9.98. The topological polar surface area (TPSA) is 141 Å². The molecule has 1 fully saturated rings. The maximum atomic E-state index is 9.79. The summed E-state index contributed by atoms with van der Waals surface area (Å²) in [5, 5.41) is 54.1. The molecule has 5 N–H and O–H groups in total. The zero-order valence-electron chi connectivity index (χ0n) is 9.36. The molecular formula is C9H15N3O6. The summed E-state index contributed by atoms with van der Waals surface area (Å²) in [6.45, 7) is -0.833. The second kappa shape index (κ2) is 5.26. The molecule has 102 valence electrons. The Morgan fingerprint density at radius 3 is 2.44 bits per heavy atom. The van der Waals surface area contributed by atoms with Gasteiger partial charge < -0.3 is 30.3 Å². The molecule has 1 aliphatic heterocycles. The van der Waals surface area contributed by atoms with E-state index in [1.54, 1.807) is 0 Å². The van der Waals surface area contributed by atoms with Crippen LogP contribution in [0.2, 0.25) is 0 Å². The van der Waals surface area contributed by atoms with Crippen LogP contribution in [0.25, 0.3) is 0 Å². The van der Waals surface area contributed by atoms with Crippen LogP contribution in [0.1, 0.15) is 11.9 Å². The SMILES string of the molecule is OCc1cn([C@@H]2O[C@H](CO)[C@@H](O)[C@H](O)[C@H]2O)nn1. The van der Waals surface area contributed by atoms with Gasteiger partial charge in [0.25, 0.3) is 0 Å². The van der Waals surface area contributed by atoms with Crippen LogP contribution in [-0.4, -0.2) is 71.5 Å². The molecule has 0 amide bonds. The highest BCUT2D eigenvalue weighted by atomic mass is 16.6. The highest BCUT2D eigenvalue weighted by molar-refractivity contribution is 4.95. The lowest BCUT2D eigenvalue weighted by Crippen LogP contribution is -2.56. The lowest BCUT2D eigenvalue weighted by molar-refractivity contribution is -0.254. The second-order valence-corrected chi connectivity index (χ2v) is 4.07. The summed E-state index contributed by atoms with van der Waals surface area (Å²) >= 11 is 0. The molecule has 1 aromatic rings. The predicted octanol–water partition coefficient (Wildman–Crippen LogP) is -3.26. The van der Waals surface area contributed by atoms with Crippen molar-refractivity contribution in [3.8, 4) is 0 Å². The van der Waals surface area contributed by atoms with Crippen molar-refractivity contribution in [3.63, 3.8) is 0 Å². The third kappa shape index (κ3) is 2.23. The van der Waals surface area contributed by atoms with Crippen molar-refractivity contribution in [1.29, 1.82) is 0 Å². The Morgan fingerprint density at radius 1 is 1.17 bits per heavy atom. The summed E-state index contributed by atoms with van der Waals surface area (Å²) in [5.74, 6) is 0.